The van der Waals surface area contributed by atoms with Gasteiger partial charge in [-0.2, -0.15) is 4.31 Å². The predicted octanol–water partition coefficient (Wildman–Crippen LogP) is 3.51. The zero-order valence-electron chi connectivity index (χ0n) is 16.7. The van der Waals surface area contributed by atoms with Gasteiger partial charge >= 0.3 is 0 Å². The second kappa shape index (κ2) is 6.96. The molecular formula is C23H26N2O3S. The van der Waals surface area contributed by atoms with Gasteiger partial charge in [0, 0.05) is 30.7 Å². The van der Waals surface area contributed by atoms with E-state index < -0.39 is 10.0 Å². The van der Waals surface area contributed by atoms with Crippen LogP contribution in [0.1, 0.15) is 42.9 Å². The lowest BCUT2D eigenvalue weighted by Gasteiger charge is -2.32. The van der Waals surface area contributed by atoms with E-state index in [0.29, 0.717) is 24.4 Å². The zero-order chi connectivity index (χ0) is 20.2. The first-order valence-corrected chi connectivity index (χ1v) is 11.9. The fraction of sp³-hybridized carbons (Fsp3) is 0.435. The molecule has 2 aromatic carbocycles. The average Bonchev–Trinajstić information content (AvgIpc) is 3.01. The second-order valence-electron chi connectivity index (χ2n) is 8.54. The number of nitrogens with zero attached hydrogens (tertiary/aromatic N) is 2. The Hall–Kier alpha value is -2.18. The van der Waals surface area contributed by atoms with Crippen LogP contribution in [0.4, 0.5) is 5.69 Å². The maximum atomic E-state index is 13.3. The number of benzene rings is 2. The molecule has 1 fully saturated rings. The predicted molar refractivity (Wildman–Crippen MR) is 112 cm³/mol. The van der Waals surface area contributed by atoms with Crippen molar-refractivity contribution in [2.24, 2.45) is 5.92 Å². The van der Waals surface area contributed by atoms with Gasteiger partial charge in [-0.25, -0.2) is 8.42 Å². The molecule has 0 spiro atoms. The Morgan fingerprint density at radius 2 is 1.79 bits per heavy atom. The summed E-state index contributed by atoms with van der Waals surface area (Å²) in [5, 5.41) is 0. The number of carbonyl (C=O) groups is 1. The van der Waals surface area contributed by atoms with Crippen molar-refractivity contribution in [3.05, 3.63) is 59.2 Å². The first-order chi connectivity index (χ1) is 13.9. The van der Waals surface area contributed by atoms with Crippen molar-refractivity contribution in [3.8, 4) is 0 Å². The lowest BCUT2D eigenvalue weighted by atomic mass is 9.84. The monoisotopic (exact) mass is 410 g/mol. The summed E-state index contributed by atoms with van der Waals surface area (Å²) in [5.74, 6) is 0.339. The van der Waals surface area contributed by atoms with E-state index in [9.17, 15) is 13.2 Å². The Morgan fingerprint density at radius 3 is 2.52 bits per heavy atom. The van der Waals surface area contributed by atoms with Crippen LogP contribution in [0.3, 0.4) is 0 Å². The molecule has 1 aliphatic carbocycles. The molecule has 0 N–H and O–H groups in total. The van der Waals surface area contributed by atoms with E-state index in [1.165, 1.54) is 5.56 Å². The molecule has 0 saturated heterocycles. The molecule has 6 heteroatoms. The van der Waals surface area contributed by atoms with E-state index in [-0.39, 0.29) is 17.9 Å². The van der Waals surface area contributed by atoms with Crippen LogP contribution < -0.4 is 4.90 Å². The summed E-state index contributed by atoms with van der Waals surface area (Å²) in [6.07, 6.45) is 4.52. The summed E-state index contributed by atoms with van der Waals surface area (Å²) in [6, 6.07) is 13.4. The van der Waals surface area contributed by atoms with Gasteiger partial charge in [0.25, 0.3) is 0 Å². The normalized spacial score (nSPS) is 22.1. The van der Waals surface area contributed by atoms with E-state index in [4.69, 9.17) is 0 Å². The molecule has 5 rings (SSSR count). The fourth-order valence-electron chi connectivity index (χ4n) is 4.78. The SMILES string of the molecule is C[C@H]1Cc2cc(S(=O)(=O)N3CCc4ccccc4C3)ccc2N1C(=O)C1CCC1. The molecule has 0 aromatic heterocycles. The lowest BCUT2D eigenvalue weighted by molar-refractivity contribution is -0.125. The Balaban J connectivity index is 1.43. The van der Waals surface area contributed by atoms with Crippen LogP contribution in [-0.4, -0.2) is 31.2 Å². The van der Waals surface area contributed by atoms with Crippen LogP contribution in [0.15, 0.2) is 47.4 Å². The molecule has 1 amide bonds. The van der Waals surface area contributed by atoms with Gasteiger partial charge in [0.2, 0.25) is 15.9 Å². The number of carbonyl (C=O) groups excluding carboxylic acids is 1. The third kappa shape index (κ3) is 3.09. The molecule has 152 valence electrons. The quantitative estimate of drug-likeness (QED) is 0.778. The van der Waals surface area contributed by atoms with Crippen LogP contribution in [0.2, 0.25) is 0 Å². The zero-order valence-corrected chi connectivity index (χ0v) is 17.5. The van der Waals surface area contributed by atoms with Gasteiger partial charge in [0.05, 0.1) is 4.90 Å². The standard InChI is InChI=1S/C23H26N2O3S/c1-16-13-20-14-21(9-10-22(20)25(16)23(26)18-7-4-8-18)29(27,28)24-12-11-17-5-2-3-6-19(17)15-24/h2-3,5-6,9-10,14,16,18H,4,7-8,11-13,15H2,1H3/t16-/m0/s1. The van der Waals surface area contributed by atoms with Gasteiger partial charge in [-0.15, -0.1) is 0 Å². The Kier molecular flexibility index (Phi) is 4.51. The van der Waals surface area contributed by atoms with Crippen molar-refractivity contribution in [2.75, 3.05) is 11.4 Å². The molecule has 1 saturated carbocycles. The molecule has 29 heavy (non-hydrogen) atoms. The number of hydrogen-bond acceptors (Lipinski definition) is 3. The minimum Gasteiger partial charge on any atom is -0.309 e. The highest BCUT2D eigenvalue weighted by atomic mass is 32.2. The van der Waals surface area contributed by atoms with E-state index in [0.717, 1.165) is 42.5 Å². The third-order valence-electron chi connectivity index (χ3n) is 6.69. The van der Waals surface area contributed by atoms with E-state index in [2.05, 4.69) is 6.07 Å². The van der Waals surface area contributed by atoms with Gasteiger partial charge in [-0.3, -0.25) is 4.79 Å². The molecular weight excluding hydrogens is 384 g/mol. The highest BCUT2D eigenvalue weighted by molar-refractivity contribution is 7.89. The third-order valence-corrected chi connectivity index (χ3v) is 8.53. The van der Waals surface area contributed by atoms with Gasteiger partial charge in [-0.05, 0) is 67.5 Å². The summed E-state index contributed by atoms with van der Waals surface area (Å²) in [4.78, 5) is 15.1. The largest absolute Gasteiger partial charge is 0.309 e. The second-order valence-corrected chi connectivity index (χ2v) is 10.5. The van der Waals surface area contributed by atoms with Crippen LogP contribution in [-0.2, 0) is 34.2 Å². The highest BCUT2D eigenvalue weighted by Gasteiger charge is 2.38. The van der Waals surface area contributed by atoms with E-state index >= 15 is 0 Å². The molecule has 3 aliphatic rings. The Labute approximate surface area is 172 Å². The van der Waals surface area contributed by atoms with Gasteiger partial charge in [0.1, 0.15) is 0 Å². The van der Waals surface area contributed by atoms with Crippen LogP contribution >= 0.6 is 0 Å². The van der Waals surface area contributed by atoms with Crippen molar-refractivity contribution in [1.29, 1.82) is 0 Å². The first kappa shape index (κ1) is 18.8. The van der Waals surface area contributed by atoms with Crippen LogP contribution in [0.5, 0.6) is 0 Å². The molecule has 2 aliphatic heterocycles. The van der Waals surface area contributed by atoms with E-state index in [1.807, 2.05) is 36.1 Å². The first-order valence-electron chi connectivity index (χ1n) is 10.5. The molecule has 2 aromatic rings. The van der Waals surface area contributed by atoms with Crippen LogP contribution in [0.25, 0.3) is 0 Å². The van der Waals surface area contributed by atoms with Crippen LogP contribution in [0, 0.1) is 5.92 Å². The summed E-state index contributed by atoms with van der Waals surface area (Å²) >= 11 is 0. The molecule has 0 radical (unpaired) electrons. The highest BCUT2D eigenvalue weighted by Crippen LogP contribution is 2.38. The lowest BCUT2D eigenvalue weighted by Crippen LogP contribution is -2.42. The van der Waals surface area contributed by atoms with Crippen molar-refractivity contribution < 1.29 is 13.2 Å². The van der Waals surface area contributed by atoms with E-state index in [1.54, 1.807) is 16.4 Å². The summed E-state index contributed by atoms with van der Waals surface area (Å²) in [6.45, 7) is 2.96. The molecule has 0 bridgehead atoms. The molecule has 2 heterocycles. The molecule has 1 atom stereocenters. The number of hydrogen-bond donors (Lipinski definition) is 0. The van der Waals surface area contributed by atoms with Gasteiger partial charge < -0.3 is 4.90 Å². The summed E-state index contributed by atoms with van der Waals surface area (Å²) < 4.78 is 28.2. The number of fused-ring (bicyclic) bond motifs is 2. The minimum absolute atomic E-state index is 0.0814. The average molecular weight is 411 g/mol. The van der Waals surface area contributed by atoms with Crippen molar-refractivity contribution >= 4 is 21.6 Å². The number of amides is 1. The van der Waals surface area contributed by atoms with Crippen molar-refractivity contribution in [3.63, 3.8) is 0 Å². The van der Waals surface area contributed by atoms with Gasteiger partial charge in [-0.1, -0.05) is 30.7 Å². The molecule has 5 nitrogen and oxygen atoms in total. The number of rotatable bonds is 3. The fourth-order valence-corrected chi connectivity index (χ4v) is 6.25. The smallest absolute Gasteiger partial charge is 0.243 e. The minimum atomic E-state index is -3.56. The summed E-state index contributed by atoms with van der Waals surface area (Å²) in [7, 11) is -3.56. The van der Waals surface area contributed by atoms with Crippen molar-refractivity contribution in [1.82, 2.24) is 4.31 Å². The Bertz CT molecular complexity index is 1080. The van der Waals surface area contributed by atoms with Crippen molar-refractivity contribution in [2.45, 2.75) is 56.5 Å². The molecule has 0 unspecified atom stereocenters. The number of sulfonamides is 1. The number of anilines is 1. The maximum absolute atomic E-state index is 13.3. The van der Waals surface area contributed by atoms with Gasteiger partial charge in [0.15, 0.2) is 0 Å². The summed E-state index contributed by atoms with van der Waals surface area (Å²) in [5.41, 5.74) is 4.15. The maximum Gasteiger partial charge on any atom is 0.243 e. The Morgan fingerprint density at radius 1 is 1.03 bits per heavy atom. The topological polar surface area (TPSA) is 57.7 Å².